The van der Waals surface area contributed by atoms with Crippen molar-refractivity contribution >= 4 is 17.8 Å². The number of aromatic nitrogens is 2. The SMILES string of the molecule is O=C1CN(C(=O)Nc2ccnn2CC2CC2)CCN1Cc1ccc(F)cc1. The molecule has 0 spiro atoms. The lowest BCUT2D eigenvalue weighted by Gasteiger charge is -2.34. The van der Waals surface area contributed by atoms with Gasteiger partial charge < -0.3 is 9.80 Å². The number of nitrogens with one attached hydrogen (secondary N) is 1. The van der Waals surface area contributed by atoms with Crippen LogP contribution in [0.15, 0.2) is 36.5 Å². The lowest BCUT2D eigenvalue weighted by atomic mass is 10.2. The Morgan fingerprint density at radius 3 is 2.67 bits per heavy atom. The summed E-state index contributed by atoms with van der Waals surface area (Å²) in [5.41, 5.74) is 0.867. The minimum Gasteiger partial charge on any atom is -0.335 e. The van der Waals surface area contributed by atoms with E-state index in [4.69, 9.17) is 0 Å². The number of halogens is 1. The molecule has 1 saturated heterocycles. The number of hydrogen-bond acceptors (Lipinski definition) is 3. The highest BCUT2D eigenvalue weighted by molar-refractivity contribution is 5.92. The third kappa shape index (κ3) is 4.27. The fraction of sp³-hybridized carbons (Fsp3) is 0.421. The van der Waals surface area contributed by atoms with Crippen molar-refractivity contribution in [3.05, 3.63) is 47.9 Å². The number of hydrogen-bond donors (Lipinski definition) is 1. The highest BCUT2D eigenvalue weighted by Crippen LogP contribution is 2.31. The number of piperazine rings is 1. The number of nitrogens with zero attached hydrogens (tertiary/aromatic N) is 4. The molecule has 4 rings (SSSR count). The van der Waals surface area contributed by atoms with Crippen LogP contribution in [0.3, 0.4) is 0 Å². The third-order valence-electron chi connectivity index (χ3n) is 4.97. The van der Waals surface area contributed by atoms with E-state index in [-0.39, 0.29) is 24.3 Å². The first-order valence-corrected chi connectivity index (χ1v) is 9.18. The minimum atomic E-state index is -0.299. The molecule has 1 N–H and O–H groups in total. The molecule has 2 fully saturated rings. The van der Waals surface area contributed by atoms with E-state index in [9.17, 15) is 14.0 Å². The number of urea groups is 1. The van der Waals surface area contributed by atoms with Crippen molar-refractivity contribution in [2.75, 3.05) is 25.0 Å². The van der Waals surface area contributed by atoms with Gasteiger partial charge in [0, 0.05) is 32.2 Å². The van der Waals surface area contributed by atoms with Crippen LogP contribution in [0.25, 0.3) is 0 Å². The molecule has 3 amide bonds. The van der Waals surface area contributed by atoms with Gasteiger partial charge in [-0.1, -0.05) is 12.1 Å². The van der Waals surface area contributed by atoms with Crippen molar-refractivity contribution in [3.8, 4) is 0 Å². The van der Waals surface area contributed by atoms with E-state index in [2.05, 4.69) is 10.4 Å². The maximum atomic E-state index is 13.0. The summed E-state index contributed by atoms with van der Waals surface area (Å²) in [4.78, 5) is 28.1. The Kier molecular flexibility index (Phi) is 4.79. The lowest BCUT2D eigenvalue weighted by molar-refractivity contribution is -0.135. The second-order valence-corrected chi connectivity index (χ2v) is 7.14. The molecule has 2 heterocycles. The first kappa shape index (κ1) is 17.5. The average Bonchev–Trinajstić information content (AvgIpc) is 3.37. The number of amides is 3. The Balaban J connectivity index is 1.32. The van der Waals surface area contributed by atoms with Gasteiger partial charge in [0.05, 0.1) is 6.20 Å². The highest BCUT2D eigenvalue weighted by atomic mass is 19.1. The Morgan fingerprint density at radius 1 is 1.19 bits per heavy atom. The summed E-state index contributed by atoms with van der Waals surface area (Å²) in [5.74, 6) is 0.893. The van der Waals surface area contributed by atoms with Gasteiger partial charge >= 0.3 is 6.03 Å². The summed E-state index contributed by atoms with van der Waals surface area (Å²) in [6.07, 6.45) is 4.08. The summed E-state index contributed by atoms with van der Waals surface area (Å²) in [7, 11) is 0. The zero-order chi connectivity index (χ0) is 18.8. The Morgan fingerprint density at radius 2 is 1.96 bits per heavy atom. The second-order valence-electron chi connectivity index (χ2n) is 7.14. The Bertz CT molecular complexity index is 831. The van der Waals surface area contributed by atoms with E-state index in [1.165, 1.54) is 29.9 Å². The topological polar surface area (TPSA) is 70.5 Å². The van der Waals surface area contributed by atoms with Gasteiger partial charge in [0.1, 0.15) is 18.2 Å². The van der Waals surface area contributed by atoms with Crippen LogP contribution in [0.4, 0.5) is 15.0 Å². The minimum absolute atomic E-state index is 0.0315. The van der Waals surface area contributed by atoms with Gasteiger partial charge in [-0.15, -0.1) is 0 Å². The van der Waals surface area contributed by atoms with Gasteiger partial charge in [0.15, 0.2) is 0 Å². The second kappa shape index (κ2) is 7.38. The monoisotopic (exact) mass is 371 g/mol. The van der Waals surface area contributed by atoms with Crippen molar-refractivity contribution in [2.24, 2.45) is 5.92 Å². The van der Waals surface area contributed by atoms with Gasteiger partial charge in [-0.3, -0.25) is 10.1 Å². The van der Waals surface area contributed by atoms with E-state index in [1.54, 1.807) is 29.3 Å². The van der Waals surface area contributed by atoms with Gasteiger partial charge in [-0.05, 0) is 36.5 Å². The zero-order valence-electron chi connectivity index (χ0n) is 15.0. The van der Waals surface area contributed by atoms with Crippen molar-refractivity contribution in [1.82, 2.24) is 19.6 Å². The van der Waals surface area contributed by atoms with E-state index in [0.717, 1.165) is 12.1 Å². The van der Waals surface area contributed by atoms with Crippen LogP contribution in [-0.4, -0.2) is 51.2 Å². The number of rotatable bonds is 5. The summed E-state index contributed by atoms with van der Waals surface area (Å²) in [6, 6.07) is 7.59. The molecule has 142 valence electrons. The van der Waals surface area contributed by atoms with E-state index >= 15 is 0 Å². The summed E-state index contributed by atoms with van der Waals surface area (Å²) in [6.45, 7) is 2.17. The van der Waals surface area contributed by atoms with Crippen LogP contribution in [0.2, 0.25) is 0 Å². The molecule has 8 heteroatoms. The van der Waals surface area contributed by atoms with Crippen LogP contribution in [0, 0.1) is 11.7 Å². The predicted octanol–water partition coefficient (Wildman–Crippen LogP) is 2.31. The van der Waals surface area contributed by atoms with Gasteiger partial charge in [-0.2, -0.15) is 5.10 Å². The number of carbonyl (C=O) groups excluding carboxylic acids is 2. The van der Waals surface area contributed by atoms with Gasteiger partial charge in [0.2, 0.25) is 5.91 Å². The molecule has 0 bridgehead atoms. The summed E-state index contributed by atoms with van der Waals surface area (Å²) in [5, 5.41) is 7.12. The number of carbonyl (C=O) groups is 2. The molecule has 7 nitrogen and oxygen atoms in total. The Hall–Kier alpha value is -2.90. The van der Waals surface area contributed by atoms with Crippen molar-refractivity contribution in [2.45, 2.75) is 25.9 Å². The van der Waals surface area contributed by atoms with E-state index in [1.807, 2.05) is 4.68 Å². The molecule has 1 saturated carbocycles. The fourth-order valence-electron chi connectivity index (χ4n) is 3.18. The molecule has 2 aromatic rings. The normalized spacial score (nSPS) is 17.3. The maximum absolute atomic E-state index is 13.0. The maximum Gasteiger partial charge on any atom is 0.323 e. The summed E-state index contributed by atoms with van der Waals surface area (Å²) < 4.78 is 14.8. The lowest BCUT2D eigenvalue weighted by Crippen LogP contribution is -2.53. The molecule has 2 aliphatic rings. The molecule has 1 aliphatic carbocycles. The first-order chi connectivity index (χ1) is 13.1. The van der Waals surface area contributed by atoms with Crippen LogP contribution in [0.5, 0.6) is 0 Å². The van der Waals surface area contributed by atoms with E-state index < -0.39 is 0 Å². The van der Waals surface area contributed by atoms with Crippen LogP contribution < -0.4 is 5.32 Å². The van der Waals surface area contributed by atoms with Crippen LogP contribution >= 0.6 is 0 Å². The highest BCUT2D eigenvalue weighted by Gasteiger charge is 2.28. The average molecular weight is 371 g/mol. The van der Waals surface area contributed by atoms with Crippen molar-refractivity contribution in [3.63, 3.8) is 0 Å². The number of anilines is 1. The Labute approximate surface area is 156 Å². The predicted molar refractivity (Wildman–Crippen MR) is 97.4 cm³/mol. The molecule has 0 unspecified atom stereocenters. The standard InChI is InChI=1S/C19H22FN5O2/c20-16-5-3-14(4-6-16)11-23-9-10-24(13-18(23)26)19(27)22-17-7-8-21-25(17)12-15-1-2-15/h3-8,15H,1-2,9-13H2,(H,22,27). The molecular weight excluding hydrogens is 349 g/mol. The van der Waals surface area contributed by atoms with Gasteiger partial charge in [-0.25, -0.2) is 13.9 Å². The van der Waals surface area contributed by atoms with E-state index in [0.29, 0.717) is 31.4 Å². The quantitative estimate of drug-likeness (QED) is 0.877. The molecular formula is C19H22FN5O2. The first-order valence-electron chi connectivity index (χ1n) is 9.18. The zero-order valence-corrected chi connectivity index (χ0v) is 15.0. The third-order valence-corrected chi connectivity index (χ3v) is 4.97. The van der Waals surface area contributed by atoms with Crippen molar-refractivity contribution < 1.29 is 14.0 Å². The molecule has 27 heavy (non-hydrogen) atoms. The van der Waals surface area contributed by atoms with Gasteiger partial charge in [0.25, 0.3) is 0 Å². The number of benzene rings is 1. The molecule has 0 atom stereocenters. The molecule has 1 aromatic heterocycles. The smallest absolute Gasteiger partial charge is 0.323 e. The molecule has 1 aromatic carbocycles. The molecule has 0 radical (unpaired) electrons. The molecule has 1 aliphatic heterocycles. The summed E-state index contributed by atoms with van der Waals surface area (Å²) >= 11 is 0. The fourth-order valence-corrected chi connectivity index (χ4v) is 3.18. The van der Waals surface area contributed by atoms with Crippen molar-refractivity contribution in [1.29, 1.82) is 0 Å². The largest absolute Gasteiger partial charge is 0.335 e. The van der Waals surface area contributed by atoms with Crippen LogP contribution in [0.1, 0.15) is 18.4 Å². The van der Waals surface area contributed by atoms with Crippen LogP contribution in [-0.2, 0) is 17.9 Å².